The lowest BCUT2D eigenvalue weighted by molar-refractivity contribution is -0.314. The highest BCUT2D eigenvalue weighted by molar-refractivity contribution is 5.91. The van der Waals surface area contributed by atoms with E-state index in [4.69, 9.17) is 24.0 Å². The molecule has 3 aromatic rings. The molecule has 2 aromatic carbocycles. The summed E-state index contributed by atoms with van der Waals surface area (Å²) < 4.78 is 27.6. The van der Waals surface area contributed by atoms with Crippen molar-refractivity contribution < 1.29 is 23.7 Å². The van der Waals surface area contributed by atoms with Crippen LogP contribution in [0, 0.1) is 22.7 Å². The predicted molar refractivity (Wildman–Crippen MR) is 161 cm³/mol. The summed E-state index contributed by atoms with van der Waals surface area (Å²) >= 11 is 0. The molecular formula is C36H40N2O5. The summed E-state index contributed by atoms with van der Waals surface area (Å²) in [5, 5.41) is 5.02. The van der Waals surface area contributed by atoms with Gasteiger partial charge in [0, 0.05) is 17.2 Å². The van der Waals surface area contributed by atoms with Crippen molar-refractivity contribution in [2.75, 3.05) is 13.2 Å². The third-order valence-electron chi connectivity index (χ3n) is 11.6. The number of carbonyl (C=O) groups is 1. The highest BCUT2D eigenvalue weighted by atomic mass is 16.7. The lowest BCUT2D eigenvalue weighted by atomic mass is 9.44. The molecule has 43 heavy (non-hydrogen) atoms. The molecule has 3 unspecified atom stereocenters. The maximum absolute atomic E-state index is 12.4. The Balaban J connectivity index is 1.08. The van der Waals surface area contributed by atoms with Gasteiger partial charge in [-0.2, -0.15) is 5.10 Å². The van der Waals surface area contributed by atoms with Gasteiger partial charge in [-0.3, -0.25) is 0 Å². The van der Waals surface area contributed by atoms with Gasteiger partial charge in [0.25, 0.3) is 0 Å². The zero-order valence-electron chi connectivity index (χ0n) is 25.2. The smallest absolute Gasteiger partial charge is 0.336 e. The van der Waals surface area contributed by atoms with Crippen molar-refractivity contribution in [1.82, 2.24) is 9.78 Å². The average molecular weight is 581 g/mol. The van der Waals surface area contributed by atoms with Crippen LogP contribution in [0.15, 0.2) is 78.5 Å². The van der Waals surface area contributed by atoms with Gasteiger partial charge in [0.2, 0.25) is 0 Å². The van der Waals surface area contributed by atoms with Crippen molar-refractivity contribution in [1.29, 1.82) is 0 Å². The van der Waals surface area contributed by atoms with Crippen molar-refractivity contribution in [3.05, 3.63) is 84.1 Å². The van der Waals surface area contributed by atoms with Crippen molar-refractivity contribution in [3.8, 4) is 16.9 Å². The molecule has 3 aliphatic heterocycles. The largest absolute Gasteiger partial charge is 0.458 e. The topological polar surface area (TPSA) is 71.8 Å². The van der Waals surface area contributed by atoms with Crippen LogP contribution in [-0.4, -0.2) is 46.8 Å². The Hall–Kier alpha value is -3.26. The molecule has 0 amide bonds. The van der Waals surface area contributed by atoms with Crippen LogP contribution in [0.25, 0.3) is 16.9 Å². The number of hydrogen-bond donors (Lipinski definition) is 0. The van der Waals surface area contributed by atoms with Gasteiger partial charge in [0.15, 0.2) is 6.29 Å². The van der Waals surface area contributed by atoms with E-state index in [9.17, 15) is 4.79 Å². The van der Waals surface area contributed by atoms with E-state index in [0.717, 1.165) is 54.6 Å². The standard InChI is InChI=1S/C36H40N2O5/c1-34-17-15-30-35(2,28(34)14-18-36(3)29(34)20-27(43-36)25-16-19-40-32(25)39)22-41-33(42-30)26-21-38(24-12-8-5-9-13-24)37-31(26)23-10-6-4-7-11-23/h4-13,16,21,27-30,33H,14-15,17-20,22H2,1-3H3/t27?,28-,29-,30+,33?,34+,35-,36?/m0/s1. The minimum atomic E-state index is -0.483. The van der Waals surface area contributed by atoms with Crippen molar-refractivity contribution >= 4 is 5.97 Å². The first-order chi connectivity index (χ1) is 20.8. The van der Waals surface area contributed by atoms with Crippen molar-refractivity contribution in [3.63, 3.8) is 0 Å². The summed E-state index contributed by atoms with van der Waals surface area (Å²) in [7, 11) is 0. The number of para-hydroxylation sites is 1. The van der Waals surface area contributed by atoms with E-state index in [0.29, 0.717) is 30.6 Å². The molecule has 7 heteroatoms. The molecule has 4 heterocycles. The van der Waals surface area contributed by atoms with Crippen LogP contribution in [0.3, 0.4) is 0 Å². The van der Waals surface area contributed by atoms with E-state index in [1.54, 1.807) is 0 Å². The van der Waals surface area contributed by atoms with E-state index >= 15 is 0 Å². The van der Waals surface area contributed by atoms with Crippen LogP contribution in [0.2, 0.25) is 0 Å². The van der Waals surface area contributed by atoms with Gasteiger partial charge in [-0.05, 0) is 74.5 Å². The highest BCUT2D eigenvalue weighted by Crippen LogP contribution is 2.67. The van der Waals surface area contributed by atoms with Crippen LogP contribution in [-0.2, 0) is 23.7 Å². The second-order valence-electron chi connectivity index (χ2n) is 14.0. The molecule has 0 N–H and O–H groups in total. The Morgan fingerprint density at radius 3 is 2.42 bits per heavy atom. The monoisotopic (exact) mass is 580 g/mol. The van der Waals surface area contributed by atoms with E-state index in [1.165, 1.54) is 0 Å². The Morgan fingerprint density at radius 1 is 0.907 bits per heavy atom. The second-order valence-corrected chi connectivity index (χ2v) is 14.0. The van der Waals surface area contributed by atoms with Crippen LogP contribution in [0.1, 0.15) is 64.7 Å². The molecule has 4 fully saturated rings. The lowest BCUT2D eigenvalue weighted by Gasteiger charge is -2.64. The molecule has 5 aliphatic rings. The molecule has 2 saturated carbocycles. The number of rotatable bonds is 4. The summed E-state index contributed by atoms with van der Waals surface area (Å²) in [4.78, 5) is 12.4. The fourth-order valence-electron chi connectivity index (χ4n) is 9.49. The SMILES string of the molecule is CC12CC[C@@H]3[C@]4(C)COC(c5cn(-c6ccccc6)nc5-c5ccccc5)O[C@@H]4CC[C@@]3(C)[C@@H]1CC(C1=CCOC1=O)O2. The lowest BCUT2D eigenvalue weighted by Crippen LogP contribution is -2.63. The number of esters is 1. The fourth-order valence-corrected chi connectivity index (χ4v) is 9.49. The number of nitrogens with zero attached hydrogens (tertiary/aromatic N) is 2. The van der Waals surface area contributed by atoms with E-state index in [1.807, 2.05) is 47.2 Å². The number of aromatic nitrogens is 2. The summed E-state index contributed by atoms with van der Waals surface area (Å²) in [5.41, 5.74) is 4.34. The van der Waals surface area contributed by atoms with Crippen LogP contribution >= 0.6 is 0 Å². The maximum atomic E-state index is 12.4. The Morgan fingerprint density at radius 2 is 1.67 bits per heavy atom. The number of fused-ring (bicyclic) bond motifs is 5. The van der Waals surface area contributed by atoms with E-state index in [2.05, 4.69) is 51.2 Å². The maximum Gasteiger partial charge on any atom is 0.336 e. The zero-order valence-corrected chi connectivity index (χ0v) is 25.2. The van der Waals surface area contributed by atoms with Crippen LogP contribution in [0.4, 0.5) is 0 Å². The Kier molecular flexibility index (Phi) is 6.27. The van der Waals surface area contributed by atoms with Crippen molar-refractivity contribution in [2.24, 2.45) is 22.7 Å². The summed E-state index contributed by atoms with van der Waals surface area (Å²) in [6, 6.07) is 20.5. The van der Waals surface area contributed by atoms with E-state index in [-0.39, 0.29) is 34.6 Å². The van der Waals surface area contributed by atoms with Gasteiger partial charge in [-0.25, -0.2) is 9.48 Å². The molecule has 2 saturated heterocycles. The fraction of sp³-hybridized carbons (Fsp3) is 0.500. The minimum Gasteiger partial charge on any atom is -0.458 e. The predicted octanol–water partition coefficient (Wildman–Crippen LogP) is 6.82. The minimum absolute atomic E-state index is 0.0724. The highest BCUT2D eigenvalue weighted by Gasteiger charge is 2.66. The Bertz CT molecular complexity index is 1570. The van der Waals surface area contributed by atoms with Crippen molar-refractivity contribution in [2.45, 2.75) is 77.0 Å². The molecule has 8 atom stereocenters. The summed E-state index contributed by atoms with van der Waals surface area (Å²) in [5.74, 6) is 0.586. The molecule has 0 spiro atoms. The molecule has 224 valence electrons. The molecule has 7 nitrogen and oxygen atoms in total. The molecule has 0 radical (unpaired) electrons. The van der Waals surface area contributed by atoms with Gasteiger partial charge >= 0.3 is 5.97 Å². The van der Waals surface area contributed by atoms with Crippen LogP contribution in [0.5, 0.6) is 0 Å². The zero-order chi connectivity index (χ0) is 29.4. The number of ether oxygens (including phenoxy) is 4. The third-order valence-corrected chi connectivity index (χ3v) is 11.6. The molecule has 8 rings (SSSR count). The van der Waals surface area contributed by atoms with Gasteiger partial charge in [-0.1, -0.05) is 62.4 Å². The summed E-state index contributed by atoms with van der Waals surface area (Å²) in [6.45, 7) is 8.12. The number of cyclic esters (lactones) is 1. The number of hydrogen-bond acceptors (Lipinski definition) is 6. The van der Waals surface area contributed by atoms with Crippen LogP contribution < -0.4 is 0 Å². The molecule has 1 aromatic heterocycles. The first-order valence-electron chi connectivity index (χ1n) is 15.8. The van der Waals surface area contributed by atoms with Gasteiger partial charge in [0.1, 0.15) is 12.3 Å². The van der Waals surface area contributed by atoms with Gasteiger partial charge in [0.05, 0.1) is 41.2 Å². The number of benzene rings is 2. The normalized spacial score (nSPS) is 38.5. The number of carbonyl (C=O) groups excluding carboxylic acids is 1. The third kappa shape index (κ3) is 4.19. The molecular weight excluding hydrogens is 540 g/mol. The summed E-state index contributed by atoms with van der Waals surface area (Å²) in [6.07, 6.45) is 8.36. The van der Waals surface area contributed by atoms with Gasteiger partial charge < -0.3 is 18.9 Å². The Labute approximate surface area is 253 Å². The van der Waals surface area contributed by atoms with Gasteiger partial charge in [-0.15, -0.1) is 0 Å². The first-order valence-corrected chi connectivity index (χ1v) is 15.8. The van der Waals surface area contributed by atoms with E-state index < -0.39 is 6.29 Å². The first kappa shape index (κ1) is 27.3. The second kappa shape index (κ2) is 9.88. The quantitative estimate of drug-likeness (QED) is 0.316. The molecule has 2 aliphatic carbocycles. The molecule has 0 bridgehead atoms. The average Bonchev–Trinajstić information content (AvgIpc) is 3.75.